The number of hydrogen-bond acceptors (Lipinski definition) is 4. The maximum absolute atomic E-state index is 12.6. The first-order chi connectivity index (χ1) is 14.5. The average Bonchev–Trinajstić information content (AvgIpc) is 2.77. The Morgan fingerprint density at radius 2 is 1.53 bits per heavy atom. The Morgan fingerprint density at radius 1 is 0.833 bits per heavy atom. The molecule has 0 radical (unpaired) electrons. The van der Waals surface area contributed by atoms with Gasteiger partial charge in [-0.3, -0.25) is 0 Å². The molecule has 1 aromatic heterocycles. The highest BCUT2D eigenvalue weighted by Gasteiger charge is 2.22. The van der Waals surface area contributed by atoms with Gasteiger partial charge in [0.25, 0.3) is 0 Å². The SMILES string of the molecule is O=C(Nc1cc(Cl)ccc1Cl)N1CCN(c2ccc(-c3ccc(Cl)cc3)nn2)CC1. The van der Waals surface area contributed by atoms with E-state index in [1.54, 1.807) is 23.1 Å². The molecule has 154 valence electrons. The zero-order valence-electron chi connectivity index (χ0n) is 15.9. The second-order valence-electron chi connectivity index (χ2n) is 6.81. The van der Waals surface area contributed by atoms with Gasteiger partial charge in [0.15, 0.2) is 5.82 Å². The number of urea groups is 1. The summed E-state index contributed by atoms with van der Waals surface area (Å²) in [6.45, 7) is 2.44. The van der Waals surface area contributed by atoms with E-state index in [0.29, 0.717) is 46.9 Å². The van der Waals surface area contributed by atoms with Gasteiger partial charge in [0.1, 0.15) is 0 Å². The van der Waals surface area contributed by atoms with E-state index in [9.17, 15) is 4.79 Å². The molecule has 0 bridgehead atoms. The Morgan fingerprint density at radius 3 is 2.20 bits per heavy atom. The van der Waals surface area contributed by atoms with Crippen LogP contribution >= 0.6 is 34.8 Å². The van der Waals surface area contributed by atoms with Gasteiger partial charge in [-0.25, -0.2) is 4.79 Å². The van der Waals surface area contributed by atoms with E-state index in [-0.39, 0.29) is 6.03 Å². The fourth-order valence-electron chi connectivity index (χ4n) is 3.19. The number of nitrogens with zero attached hydrogens (tertiary/aromatic N) is 4. The van der Waals surface area contributed by atoms with Crippen LogP contribution in [0.15, 0.2) is 54.6 Å². The fraction of sp³-hybridized carbons (Fsp3) is 0.190. The summed E-state index contributed by atoms with van der Waals surface area (Å²) >= 11 is 18.0. The van der Waals surface area contributed by atoms with E-state index in [4.69, 9.17) is 34.8 Å². The first-order valence-electron chi connectivity index (χ1n) is 9.35. The number of aromatic nitrogens is 2. The molecule has 0 aliphatic carbocycles. The van der Waals surface area contributed by atoms with Gasteiger partial charge in [0.2, 0.25) is 0 Å². The predicted molar refractivity (Wildman–Crippen MR) is 122 cm³/mol. The van der Waals surface area contributed by atoms with Crippen LogP contribution in [0.4, 0.5) is 16.3 Å². The van der Waals surface area contributed by atoms with Crippen molar-refractivity contribution in [2.24, 2.45) is 0 Å². The third-order valence-electron chi connectivity index (χ3n) is 4.85. The third-order valence-corrected chi connectivity index (χ3v) is 5.67. The number of rotatable bonds is 3. The lowest BCUT2D eigenvalue weighted by molar-refractivity contribution is 0.208. The molecule has 1 fully saturated rings. The topological polar surface area (TPSA) is 61.4 Å². The molecule has 1 aliphatic rings. The van der Waals surface area contributed by atoms with Crippen molar-refractivity contribution in [3.63, 3.8) is 0 Å². The molecule has 0 spiro atoms. The number of carbonyl (C=O) groups excluding carboxylic acids is 1. The summed E-state index contributed by atoms with van der Waals surface area (Å²) in [5.74, 6) is 0.783. The summed E-state index contributed by atoms with van der Waals surface area (Å²) in [4.78, 5) is 16.4. The molecule has 3 aromatic rings. The summed E-state index contributed by atoms with van der Waals surface area (Å²) < 4.78 is 0. The van der Waals surface area contributed by atoms with Crippen LogP contribution < -0.4 is 10.2 Å². The van der Waals surface area contributed by atoms with Crippen LogP contribution in [0.25, 0.3) is 11.3 Å². The van der Waals surface area contributed by atoms with Crippen LogP contribution in [0.5, 0.6) is 0 Å². The number of nitrogens with one attached hydrogen (secondary N) is 1. The molecular weight excluding hydrogens is 445 g/mol. The number of benzene rings is 2. The Hall–Kier alpha value is -2.54. The van der Waals surface area contributed by atoms with Gasteiger partial charge in [-0.2, -0.15) is 0 Å². The molecule has 1 saturated heterocycles. The van der Waals surface area contributed by atoms with Gasteiger partial charge < -0.3 is 15.1 Å². The number of carbonyl (C=O) groups is 1. The minimum atomic E-state index is -0.206. The van der Waals surface area contributed by atoms with E-state index < -0.39 is 0 Å². The lowest BCUT2D eigenvalue weighted by atomic mass is 10.1. The molecule has 2 heterocycles. The molecule has 1 N–H and O–H groups in total. The lowest BCUT2D eigenvalue weighted by Crippen LogP contribution is -2.50. The van der Waals surface area contributed by atoms with Crippen LogP contribution in [0.1, 0.15) is 0 Å². The maximum atomic E-state index is 12.6. The van der Waals surface area contributed by atoms with Crippen molar-refractivity contribution >= 4 is 52.3 Å². The van der Waals surface area contributed by atoms with Gasteiger partial charge in [-0.1, -0.05) is 46.9 Å². The van der Waals surface area contributed by atoms with Gasteiger partial charge >= 0.3 is 6.03 Å². The molecule has 9 heteroatoms. The van der Waals surface area contributed by atoms with Crippen LogP contribution in [0.2, 0.25) is 15.1 Å². The molecule has 0 atom stereocenters. The van der Waals surface area contributed by atoms with Crippen LogP contribution in [0.3, 0.4) is 0 Å². The Labute approximate surface area is 189 Å². The second-order valence-corrected chi connectivity index (χ2v) is 8.09. The van der Waals surface area contributed by atoms with Crippen LogP contribution in [0, 0.1) is 0 Å². The molecule has 4 rings (SSSR count). The van der Waals surface area contributed by atoms with Crippen molar-refractivity contribution in [1.82, 2.24) is 15.1 Å². The molecule has 0 saturated carbocycles. The molecule has 2 amide bonds. The normalized spacial score (nSPS) is 14.0. The van der Waals surface area contributed by atoms with Crippen molar-refractivity contribution in [2.75, 3.05) is 36.4 Å². The van der Waals surface area contributed by atoms with Gasteiger partial charge in [0, 0.05) is 41.8 Å². The van der Waals surface area contributed by atoms with Crippen molar-refractivity contribution < 1.29 is 4.79 Å². The largest absolute Gasteiger partial charge is 0.352 e. The minimum absolute atomic E-state index is 0.206. The first kappa shape index (κ1) is 20.7. The first-order valence-corrected chi connectivity index (χ1v) is 10.5. The monoisotopic (exact) mass is 461 g/mol. The minimum Gasteiger partial charge on any atom is -0.352 e. The highest BCUT2D eigenvalue weighted by atomic mass is 35.5. The summed E-state index contributed by atoms with van der Waals surface area (Å²) in [5, 5.41) is 13.1. The number of anilines is 2. The molecular formula is C21H18Cl3N5O. The Balaban J connectivity index is 1.35. The molecule has 2 aromatic carbocycles. The van der Waals surface area contributed by atoms with Crippen LogP contribution in [-0.4, -0.2) is 47.3 Å². The van der Waals surface area contributed by atoms with Crippen LogP contribution in [-0.2, 0) is 0 Å². The van der Waals surface area contributed by atoms with E-state index in [1.807, 2.05) is 36.4 Å². The Bertz CT molecular complexity index is 1040. The van der Waals surface area contributed by atoms with E-state index in [1.165, 1.54) is 0 Å². The van der Waals surface area contributed by atoms with Crippen molar-refractivity contribution in [1.29, 1.82) is 0 Å². The number of hydrogen-bond donors (Lipinski definition) is 1. The van der Waals surface area contributed by atoms with Gasteiger partial charge in [-0.15, -0.1) is 10.2 Å². The van der Waals surface area contributed by atoms with Crippen molar-refractivity contribution in [3.8, 4) is 11.3 Å². The molecule has 1 aliphatic heterocycles. The summed E-state index contributed by atoms with van der Waals surface area (Å²) in [6.07, 6.45) is 0. The van der Waals surface area contributed by atoms with E-state index in [2.05, 4.69) is 20.4 Å². The van der Waals surface area contributed by atoms with Crippen molar-refractivity contribution in [3.05, 3.63) is 69.7 Å². The average molecular weight is 463 g/mol. The summed E-state index contributed by atoms with van der Waals surface area (Å²) in [5.41, 5.74) is 2.24. The van der Waals surface area contributed by atoms with E-state index >= 15 is 0 Å². The molecule has 0 unspecified atom stereocenters. The van der Waals surface area contributed by atoms with Gasteiger partial charge in [-0.05, 0) is 42.5 Å². The fourth-order valence-corrected chi connectivity index (χ4v) is 3.66. The highest BCUT2D eigenvalue weighted by molar-refractivity contribution is 6.35. The second kappa shape index (κ2) is 9.08. The maximum Gasteiger partial charge on any atom is 0.322 e. The quantitative estimate of drug-likeness (QED) is 0.561. The standard InChI is InChI=1S/C21H18Cl3N5O/c22-15-3-1-14(2-4-15)18-7-8-20(27-26-18)28-9-11-29(12-10-28)21(30)25-19-13-16(23)5-6-17(19)24/h1-8,13H,9-12H2,(H,25,30). The van der Waals surface area contributed by atoms with E-state index in [0.717, 1.165) is 17.1 Å². The highest BCUT2D eigenvalue weighted by Crippen LogP contribution is 2.26. The predicted octanol–water partition coefficient (Wildman–Crippen LogP) is 5.46. The smallest absolute Gasteiger partial charge is 0.322 e. The molecule has 30 heavy (non-hydrogen) atoms. The van der Waals surface area contributed by atoms with Crippen molar-refractivity contribution in [2.45, 2.75) is 0 Å². The number of amides is 2. The number of piperazine rings is 1. The summed E-state index contributed by atoms with van der Waals surface area (Å²) in [7, 11) is 0. The number of halogens is 3. The van der Waals surface area contributed by atoms with Gasteiger partial charge in [0.05, 0.1) is 16.4 Å². The zero-order valence-corrected chi connectivity index (χ0v) is 18.1. The lowest BCUT2D eigenvalue weighted by Gasteiger charge is -2.35. The Kier molecular flexibility index (Phi) is 6.27. The summed E-state index contributed by atoms with van der Waals surface area (Å²) in [6, 6.07) is 16.1. The zero-order chi connectivity index (χ0) is 21.1. The molecule has 6 nitrogen and oxygen atoms in total. The third kappa shape index (κ3) is 4.78.